The summed E-state index contributed by atoms with van der Waals surface area (Å²) in [5.41, 5.74) is -0.502. The van der Waals surface area contributed by atoms with E-state index >= 15 is 0 Å². The Kier molecular flexibility index (Phi) is 3.66. The van der Waals surface area contributed by atoms with Gasteiger partial charge in [-0.05, 0) is 6.07 Å². The van der Waals surface area contributed by atoms with Crippen LogP contribution in [0.1, 0.15) is 5.56 Å². The van der Waals surface area contributed by atoms with Crippen LogP contribution in [0, 0.1) is 10.1 Å². The number of ether oxygens (including phenoxy) is 1. The molecule has 8 heteroatoms. The molecule has 1 aromatic rings. The minimum atomic E-state index is -5.11. The van der Waals surface area contributed by atoms with E-state index in [0.29, 0.717) is 0 Å². The number of halogens is 3. The first kappa shape index (κ1) is 12.9. The van der Waals surface area contributed by atoms with Gasteiger partial charge in [0.15, 0.2) is 0 Å². The van der Waals surface area contributed by atoms with E-state index < -0.39 is 29.4 Å². The molecule has 92 valence electrons. The number of carbonyl (C=O) groups is 1. The average molecular weight is 249 g/mol. The molecule has 17 heavy (non-hydrogen) atoms. The summed E-state index contributed by atoms with van der Waals surface area (Å²) in [6.07, 6.45) is -5.11. The Hall–Kier alpha value is -2.12. The van der Waals surface area contributed by atoms with Gasteiger partial charge in [0.05, 0.1) is 10.5 Å². The lowest BCUT2D eigenvalue weighted by Gasteiger charge is -2.07. The first-order valence-corrected chi connectivity index (χ1v) is 4.28. The number of para-hydroxylation sites is 1. The Labute approximate surface area is 93.0 Å². The Morgan fingerprint density at radius 1 is 1.35 bits per heavy atom. The van der Waals surface area contributed by atoms with Crippen molar-refractivity contribution in [1.29, 1.82) is 0 Å². The predicted molar refractivity (Wildman–Crippen MR) is 48.9 cm³/mol. The van der Waals surface area contributed by atoms with Crippen LogP contribution in [0.4, 0.5) is 18.9 Å². The average Bonchev–Trinajstić information content (AvgIpc) is 2.24. The van der Waals surface area contributed by atoms with Crippen LogP contribution < -0.4 is 0 Å². The zero-order valence-corrected chi connectivity index (χ0v) is 8.23. The van der Waals surface area contributed by atoms with Crippen LogP contribution in [-0.2, 0) is 16.1 Å². The summed E-state index contributed by atoms with van der Waals surface area (Å²) in [6, 6.07) is 5.06. The highest BCUT2D eigenvalue weighted by Gasteiger charge is 2.41. The summed E-state index contributed by atoms with van der Waals surface area (Å²) < 4.78 is 39.3. The van der Waals surface area contributed by atoms with Crippen LogP contribution in [0.25, 0.3) is 0 Å². The van der Waals surface area contributed by atoms with Gasteiger partial charge in [-0.2, -0.15) is 13.2 Å². The highest BCUT2D eigenvalue weighted by atomic mass is 19.4. The number of benzene rings is 1. The smallest absolute Gasteiger partial charge is 0.454 e. The minimum Gasteiger partial charge on any atom is -0.454 e. The number of nitrogens with zero attached hydrogens (tertiary/aromatic N) is 1. The fraction of sp³-hybridized carbons (Fsp3) is 0.222. The number of nitro benzene ring substituents is 1. The third-order valence-corrected chi connectivity index (χ3v) is 1.78. The lowest BCUT2D eigenvalue weighted by atomic mass is 10.2. The molecule has 0 aromatic heterocycles. The molecule has 0 saturated carbocycles. The molecular weight excluding hydrogens is 243 g/mol. The number of nitro groups is 1. The molecule has 1 aromatic carbocycles. The van der Waals surface area contributed by atoms with Crippen molar-refractivity contribution in [3.8, 4) is 0 Å². The number of rotatable bonds is 3. The lowest BCUT2D eigenvalue weighted by molar-refractivity contribution is -0.385. The van der Waals surface area contributed by atoms with Crippen LogP contribution in [-0.4, -0.2) is 17.1 Å². The molecule has 0 fully saturated rings. The quantitative estimate of drug-likeness (QED) is 0.467. The van der Waals surface area contributed by atoms with Crippen molar-refractivity contribution in [3.05, 3.63) is 39.9 Å². The number of hydrogen-bond donors (Lipinski definition) is 0. The summed E-state index contributed by atoms with van der Waals surface area (Å²) in [6.45, 7) is -0.796. The summed E-state index contributed by atoms with van der Waals surface area (Å²) in [5, 5.41) is 10.5. The second-order valence-electron chi connectivity index (χ2n) is 2.96. The Morgan fingerprint density at radius 3 is 2.47 bits per heavy atom. The standard InChI is InChI=1S/C9H6F3NO4/c10-9(11,12)8(14)17-5-6-3-1-2-4-7(6)13(15)16/h1-4H,5H2. The van der Waals surface area contributed by atoms with Gasteiger partial charge in [0.1, 0.15) is 6.61 Å². The molecule has 0 aliphatic heterocycles. The molecule has 5 nitrogen and oxygen atoms in total. The van der Waals surface area contributed by atoms with E-state index in [9.17, 15) is 28.1 Å². The van der Waals surface area contributed by atoms with Crippen LogP contribution >= 0.6 is 0 Å². The number of carbonyl (C=O) groups excluding carboxylic acids is 1. The third kappa shape index (κ3) is 3.44. The van der Waals surface area contributed by atoms with Crippen LogP contribution in [0.15, 0.2) is 24.3 Å². The van der Waals surface area contributed by atoms with E-state index in [4.69, 9.17) is 0 Å². The van der Waals surface area contributed by atoms with Crippen molar-refractivity contribution in [1.82, 2.24) is 0 Å². The van der Waals surface area contributed by atoms with Gasteiger partial charge in [-0.15, -0.1) is 0 Å². The molecule has 0 saturated heterocycles. The molecule has 0 unspecified atom stereocenters. The summed E-state index contributed by atoms with van der Waals surface area (Å²) in [7, 11) is 0. The maximum atomic E-state index is 11.8. The van der Waals surface area contributed by atoms with Crippen molar-refractivity contribution in [3.63, 3.8) is 0 Å². The molecule has 0 atom stereocenters. The maximum Gasteiger partial charge on any atom is 0.490 e. The van der Waals surface area contributed by atoms with Crippen LogP contribution in [0.3, 0.4) is 0 Å². The fourth-order valence-electron chi connectivity index (χ4n) is 1.04. The molecule has 0 bridgehead atoms. The molecule has 1 rings (SSSR count). The Bertz CT molecular complexity index is 444. The van der Waals surface area contributed by atoms with Gasteiger partial charge >= 0.3 is 12.1 Å². The molecule has 0 spiro atoms. The monoisotopic (exact) mass is 249 g/mol. The Morgan fingerprint density at radius 2 is 1.94 bits per heavy atom. The molecule has 0 aliphatic carbocycles. The summed E-state index contributed by atoms with van der Waals surface area (Å²) >= 11 is 0. The van der Waals surface area contributed by atoms with Crippen molar-refractivity contribution in [2.45, 2.75) is 12.8 Å². The van der Waals surface area contributed by atoms with E-state index in [2.05, 4.69) is 4.74 Å². The lowest BCUT2D eigenvalue weighted by Crippen LogP contribution is -2.25. The zero-order chi connectivity index (χ0) is 13.1. The van der Waals surface area contributed by atoms with Gasteiger partial charge in [0.25, 0.3) is 5.69 Å². The molecule has 0 aliphatic rings. The molecular formula is C9H6F3NO4. The number of esters is 1. The van der Waals surface area contributed by atoms with E-state index in [-0.39, 0.29) is 5.56 Å². The summed E-state index contributed by atoms with van der Waals surface area (Å²) in [4.78, 5) is 20.1. The van der Waals surface area contributed by atoms with Crippen molar-refractivity contribution in [2.24, 2.45) is 0 Å². The molecule has 0 heterocycles. The largest absolute Gasteiger partial charge is 0.490 e. The van der Waals surface area contributed by atoms with Crippen molar-refractivity contribution >= 4 is 11.7 Å². The first-order chi connectivity index (χ1) is 7.82. The second kappa shape index (κ2) is 4.81. The predicted octanol–water partition coefficient (Wildman–Crippen LogP) is 2.20. The molecule has 0 radical (unpaired) electrons. The highest BCUT2D eigenvalue weighted by Crippen LogP contribution is 2.21. The highest BCUT2D eigenvalue weighted by molar-refractivity contribution is 5.75. The van der Waals surface area contributed by atoms with Gasteiger partial charge in [0.2, 0.25) is 0 Å². The van der Waals surface area contributed by atoms with E-state index in [1.807, 2.05) is 0 Å². The first-order valence-electron chi connectivity index (χ1n) is 4.28. The van der Waals surface area contributed by atoms with Crippen LogP contribution in [0.5, 0.6) is 0 Å². The fourth-order valence-corrected chi connectivity index (χ4v) is 1.04. The van der Waals surface area contributed by atoms with Crippen molar-refractivity contribution in [2.75, 3.05) is 0 Å². The normalized spacial score (nSPS) is 11.0. The third-order valence-electron chi connectivity index (χ3n) is 1.78. The summed E-state index contributed by atoms with van der Waals surface area (Å²) in [5.74, 6) is -2.38. The molecule has 0 N–H and O–H groups in total. The number of hydrogen-bond acceptors (Lipinski definition) is 4. The maximum absolute atomic E-state index is 11.8. The van der Waals surface area contributed by atoms with Gasteiger partial charge in [0, 0.05) is 6.07 Å². The SMILES string of the molecule is O=C(OCc1ccccc1[N+](=O)[O-])C(F)(F)F. The van der Waals surface area contributed by atoms with E-state index in [0.717, 1.165) is 6.07 Å². The number of alkyl halides is 3. The van der Waals surface area contributed by atoms with Crippen LogP contribution in [0.2, 0.25) is 0 Å². The Balaban J connectivity index is 2.77. The van der Waals surface area contributed by atoms with Gasteiger partial charge < -0.3 is 4.74 Å². The van der Waals surface area contributed by atoms with Gasteiger partial charge in [-0.25, -0.2) is 4.79 Å². The van der Waals surface area contributed by atoms with E-state index in [1.54, 1.807) is 0 Å². The van der Waals surface area contributed by atoms with Crippen molar-refractivity contribution < 1.29 is 27.6 Å². The van der Waals surface area contributed by atoms with E-state index in [1.165, 1.54) is 18.2 Å². The second-order valence-corrected chi connectivity index (χ2v) is 2.96. The topological polar surface area (TPSA) is 69.4 Å². The van der Waals surface area contributed by atoms with Gasteiger partial charge in [-0.1, -0.05) is 12.1 Å². The molecule has 0 amide bonds. The zero-order valence-electron chi connectivity index (χ0n) is 8.23. The minimum absolute atomic E-state index is 0.102. The van der Waals surface area contributed by atoms with Gasteiger partial charge in [-0.3, -0.25) is 10.1 Å².